The summed E-state index contributed by atoms with van der Waals surface area (Å²) in [6.45, 7) is 6.28. The molecule has 0 aliphatic rings. The molecule has 0 spiro atoms. The van der Waals surface area contributed by atoms with Crippen molar-refractivity contribution >= 4 is 35.0 Å². The number of carbonyl (C=O) groups excluding carboxylic acids is 1. The molecular weight excluding hydrogens is 440 g/mol. The number of hydrogen-bond donors (Lipinski definition) is 3. The summed E-state index contributed by atoms with van der Waals surface area (Å²) < 4.78 is 16.1. The van der Waals surface area contributed by atoms with Gasteiger partial charge in [-0.15, -0.1) is 0 Å². The molecule has 0 saturated heterocycles. The van der Waals surface area contributed by atoms with Gasteiger partial charge < -0.3 is 30.2 Å². The van der Waals surface area contributed by atoms with Crippen LogP contribution in [0.25, 0.3) is 6.08 Å². The van der Waals surface area contributed by atoms with Crippen LogP contribution in [0.4, 0.5) is 5.69 Å². The molecule has 8 nitrogen and oxygen atoms in total. The number of nitrogens with one attached hydrogen (secondary N) is 3. The van der Waals surface area contributed by atoms with Gasteiger partial charge in [-0.3, -0.25) is 9.78 Å². The van der Waals surface area contributed by atoms with Crippen molar-refractivity contribution in [3.05, 3.63) is 48.3 Å². The standard InChI is InChI=1S/C24H32N4O4S/c1-24(2,3)14-20(28-23(33)26-17-8-7-11-25-15-17)27-21(29)10-9-16-12-18(30-4)22(32-6)19(13-16)31-5/h7-13,15,20H,14H2,1-6H3,(H,27,29)(H2,26,28,33)/b10-9+. The van der Waals surface area contributed by atoms with Crippen LogP contribution in [-0.2, 0) is 4.79 Å². The van der Waals surface area contributed by atoms with E-state index in [4.69, 9.17) is 26.4 Å². The van der Waals surface area contributed by atoms with Crippen LogP contribution in [0.15, 0.2) is 42.7 Å². The summed E-state index contributed by atoms with van der Waals surface area (Å²) in [5.41, 5.74) is 1.45. The molecule has 1 unspecified atom stereocenters. The molecule has 0 radical (unpaired) electrons. The van der Waals surface area contributed by atoms with Crippen LogP contribution >= 0.6 is 12.2 Å². The molecule has 1 amide bonds. The fourth-order valence-electron chi connectivity index (χ4n) is 3.10. The molecule has 178 valence electrons. The Morgan fingerprint density at radius 1 is 1.12 bits per heavy atom. The Kier molecular flexibility index (Phi) is 9.47. The quantitative estimate of drug-likeness (QED) is 0.287. The van der Waals surface area contributed by atoms with Gasteiger partial charge >= 0.3 is 0 Å². The summed E-state index contributed by atoms with van der Waals surface area (Å²) in [7, 11) is 4.63. The van der Waals surface area contributed by atoms with Gasteiger partial charge in [0.2, 0.25) is 11.7 Å². The maximum absolute atomic E-state index is 12.7. The molecule has 33 heavy (non-hydrogen) atoms. The number of rotatable bonds is 9. The van der Waals surface area contributed by atoms with Gasteiger partial charge in [0.05, 0.1) is 33.2 Å². The number of pyridine rings is 1. The van der Waals surface area contributed by atoms with Gasteiger partial charge in [-0.2, -0.15) is 0 Å². The van der Waals surface area contributed by atoms with Crippen molar-refractivity contribution in [1.29, 1.82) is 0 Å². The molecule has 9 heteroatoms. The zero-order valence-electron chi connectivity index (χ0n) is 19.9. The Hall–Kier alpha value is -3.33. The van der Waals surface area contributed by atoms with E-state index >= 15 is 0 Å². The molecule has 3 N–H and O–H groups in total. The third kappa shape index (κ3) is 8.61. The average Bonchev–Trinajstić information content (AvgIpc) is 2.76. The van der Waals surface area contributed by atoms with Gasteiger partial charge in [0, 0.05) is 12.3 Å². The summed E-state index contributed by atoms with van der Waals surface area (Å²) in [6, 6.07) is 7.21. The van der Waals surface area contributed by atoms with Crippen molar-refractivity contribution in [2.75, 3.05) is 26.6 Å². The predicted octanol–water partition coefficient (Wildman–Crippen LogP) is 3.99. The number of amides is 1. The normalized spacial score (nSPS) is 12.1. The van der Waals surface area contributed by atoms with E-state index in [1.165, 1.54) is 6.08 Å². The highest BCUT2D eigenvalue weighted by Gasteiger charge is 2.21. The number of methoxy groups -OCH3 is 3. The van der Waals surface area contributed by atoms with Crippen LogP contribution in [0.5, 0.6) is 17.2 Å². The number of aromatic nitrogens is 1. The summed E-state index contributed by atoms with van der Waals surface area (Å²) in [4.78, 5) is 16.7. The van der Waals surface area contributed by atoms with E-state index in [1.54, 1.807) is 51.9 Å². The number of ether oxygens (including phenoxy) is 3. The molecule has 0 saturated carbocycles. The first kappa shape index (κ1) is 25.9. The molecule has 1 heterocycles. The van der Waals surface area contributed by atoms with E-state index in [9.17, 15) is 4.79 Å². The molecule has 1 atom stereocenters. The molecule has 1 aromatic heterocycles. The zero-order valence-corrected chi connectivity index (χ0v) is 20.7. The third-order valence-electron chi connectivity index (χ3n) is 4.47. The van der Waals surface area contributed by atoms with Crippen LogP contribution in [-0.4, -0.2) is 43.5 Å². The molecule has 2 aromatic rings. The van der Waals surface area contributed by atoms with Gasteiger partial charge in [0.1, 0.15) is 6.17 Å². The highest BCUT2D eigenvalue weighted by atomic mass is 32.1. The number of thiocarbonyl (C=S) groups is 1. The van der Waals surface area contributed by atoms with Crippen molar-refractivity contribution < 1.29 is 19.0 Å². The Balaban J connectivity index is 2.10. The van der Waals surface area contributed by atoms with E-state index in [0.717, 1.165) is 11.3 Å². The maximum Gasteiger partial charge on any atom is 0.245 e. The van der Waals surface area contributed by atoms with Crippen molar-refractivity contribution in [3.8, 4) is 17.2 Å². The fourth-order valence-corrected chi connectivity index (χ4v) is 3.36. The predicted molar refractivity (Wildman–Crippen MR) is 135 cm³/mol. The summed E-state index contributed by atoms with van der Waals surface area (Å²) in [5.74, 6) is 1.24. The fraction of sp³-hybridized carbons (Fsp3) is 0.375. The first-order valence-corrected chi connectivity index (χ1v) is 10.8. The topological polar surface area (TPSA) is 93.7 Å². The Bertz CT molecular complexity index is 949. The Morgan fingerprint density at radius 3 is 2.30 bits per heavy atom. The molecule has 0 bridgehead atoms. The number of hydrogen-bond acceptors (Lipinski definition) is 6. The molecule has 0 fully saturated rings. The van der Waals surface area contributed by atoms with Gasteiger partial charge in [-0.25, -0.2) is 0 Å². The minimum atomic E-state index is -0.376. The van der Waals surface area contributed by atoms with Crippen LogP contribution in [0.3, 0.4) is 0 Å². The van der Waals surface area contributed by atoms with Crippen molar-refractivity contribution in [1.82, 2.24) is 15.6 Å². The van der Waals surface area contributed by atoms with E-state index < -0.39 is 0 Å². The smallest absolute Gasteiger partial charge is 0.245 e. The van der Waals surface area contributed by atoms with Gasteiger partial charge in [-0.1, -0.05) is 20.8 Å². The summed E-state index contributed by atoms with van der Waals surface area (Å²) in [6.07, 6.45) is 6.77. The van der Waals surface area contributed by atoms with Crippen molar-refractivity contribution in [3.63, 3.8) is 0 Å². The lowest BCUT2D eigenvalue weighted by Crippen LogP contribution is -2.50. The molecule has 0 aliphatic carbocycles. The largest absolute Gasteiger partial charge is 0.493 e. The number of benzene rings is 1. The second-order valence-corrected chi connectivity index (χ2v) is 8.87. The van der Waals surface area contributed by atoms with Gasteiger partial charge in [0.15, 0.2) is 16.6 Å². The van der Waals surface area contributed by atoms with Crippen molar-refractivity contribution in [2.45, 2.75) is 33.4 Å². The highest BCUT2D eigenvalue weighted by Crippen LogP contribution is 2.38. The van der Waals surface area contributed by atoms with Gasteiger partial charge in [-0.05, 0) is 60.0 Å². The van der Waals surface area contributed by atoms with E-state index in [2.05, 4.69) is 41.7 Å². The minimum absolute atomic E-state index is 0.0463. The lowest BCUT2D eigenvalue weighted by molar-refractivity contribution is -0.117. The zero-order chi connectivity index (χ0) is 24.4. The van der Waals surface area contributed by atoms with Crippen LogP contribution in [0.1, 0.15) is 32.8 Å². The number of nitrogens with zero attached hydrogens (tertiary/aromatic N) is 1. The third-order valence-corrected chi connectivity index (χ3v) is 4.69. The first-order chi connectivity index (χ1) is 15.6. The van der Waals surface area contributed by atoms with E-state index in [0.29, 0.717) is 28.8 Å². The molecular formula is C24H32N4O4S. The number of carbonyl (C=O) groups is 1. The average molecular weight is 473 g/mol. The molecule has 0 aliphatic heterocycles. The SMILES string of the molecule is COc1cc(/C=C/C(=O)NC(CC(C)(C)C)NC(=S)Nc2cccnc2)cc(OC)c1OC. The summed E-state index contributed by atoms with van der Waals surface area (Å²) >= 11 is 5.42. The monoisotopic (exact) mass is 472 g/mol. The summed E-state index contributed by atoms with van der Waals surface area (Å²) in [5, 5.41) is 9.61. The first-order valence-electron chi connectivity index (χ1n) is 10.4. The second kappa shape index (κ2) is 12.1. The minimum Gasteiger partial charge on any atom is -0.493 e. The maximum atomic E-state index is 12.7. The van der Waals surface area contributed by atoms with E-state index in [1.807, 2.05) is 12.1 Å². The molecule has 2 rings (SSSR count). The number of anilines is 1. The van der Waals surface area contributed by atoms with Crippen LogP contribution in [0.2, 0.25) is 0 Å². The van der Waals surface area contributed by atoms with Crippen LogP contribution in [0, 0.1) is 5.41 Å². The lowest BCUT2D eigenvalue weighted by Gasteiger charge is -2.28. The van der Waals surface area contributed by atoms with Crippen molar-refractivity contribution in [2.24, 2.45) is 5.41 Å². The Labute approximate surface area is 200 Å². The lowest BCUT2D eigenvalue weighted by atomic mass is 9.90. The Morgan fingerprint density at radius 2 is 1.79 bits per heavy atom. The van der Waals surface area contributed by atoms with Gasteiger partial charge in [0.25, 0.3) is 0 Å². The van der Waals surface area contributed by atoms with E-state index in [-0.39, 0.29) is 17.5 Å². The second-order valence-electron chi connectivity index (χ2n) is 8.46. The molecule has 1 aromatic carbocycles. The van der Waals surface area contributed by atoms with Crippen LogP contribution < -0.4 is 30.2 Å². The highest BCUT2D eigenvalue weighted by molar-refractivity contribution is 7.80.